The molecule has 0 saturated heterocycles. The normalized spacial score (nSPS) is 11.7. The largest absolute Gasteiger partial charge is 0.455 e. The summed E-state index contributed by atoms with van der Waals surface area (Å²) in [4.78, 5) is 19.8. The first-order chi connectivity index (χ1) is 24.3. The zero-order valence-corrected chi connectivity index (χ0v) is 26.2. The lowest BCUT2D eigenvalue weighted by Gasteiger charge is -2.12. The van der Waals surface area contributed by atoms with E-state index in [1.54, 1.807) is 6.20 Å². The van der Waals surface area contributed by atoms with Crippen LogP contribution in [-0.2, 0) is 0 Å². The van der Waals surface area contributed by atoms with Crippen LogP contribution in [0.4, 0.5) is 0 Å². The van der Waals surface area contributed by atoms with E-state index in [0.29, 0.717) is 17.5 Å². The second-order valence-corrected chi connectivity index (χ2v) is 12.3. The highest BCUT2D eigenvalue weighted by molar-refractivity contribution is 6.14. The predicted molar refractivity (Wildman–Crippen MR) is 199 cm³/mol. The Morgan fingerprint density at radius 2 is 1.08 bits per heavy atom. The maximum Gasteiger partial charge on any atom is 0.167 e. The minimum absolute atomic E-state index is 0.553. The van der Waals surface area contributed by atoms with E-state index in [-0.39, 0.29) is 0 Å². The summed E-state index contributed by atoms with van der Waals surface area (Å²) < 4.78 is 6.43. The molecule has 0 N–H and O–H groups in total. The number of hydrogen-bond acceptors (Lipinski definition) is 5. The summed E-state index contributed by atoms with van der Waals surface area (Å²) in [6.45, 7) is 0. The van der Waals surface area contributed by atoms with E-state index in [2.05, 4.69) is 108 Å². The first-order valence-electron chi connectivity index (χ1n) is 16.3. The molecule has 0 saturated carbocycles. The lowest BCUT2D eigenvalue weighted by atomic mass is 9.93. The van der Waals surface area contributed by atoms with Gasteiger partial charge >= 0.3 is 0 Å². The molecule has 0 fully saturated rings. The molecule has 3 heterocycles. The third-order valence-electron chi connectivity index (χ3n) is 9.34. The number of benzene rings is 7. The Kier molecular flexibility index (Phi) is 6.11. The molecule has 5 nitrogen and oxygen atoms in total. The van der Waals surface area contributed by atoms with E-state index in [4.69, 9.17) is 19.4 Å². The van der Waals surface area contributed by atoms with Gasteiger partial charge in [-0.1, -0.05) is 109 Å². The first-order valence-corrected chi connectivity index (χ1v) is 16.3. The van der Waals surface area contributed by atoms with Crippen molar-refractivity contribution in [3.8, 4) is 45.3 Å². The lowest BCUT2D eigenvalue weighted by molar-refractivity contribution is 0.669. The molecular formula is C44H26N4O. The number of pyridine rings is 1. The van der Waals surface area contributed by atoms with Crippen molar-refractivity contribution in [1.82, 2.24) is 19.9 Å². The number of furan rings is 1. The van der Waals surface area contributed by atoms with E-state index in [9.17, 15) is 0 Å². The van der Waals surface area contributed by atoms with E-state index in [1.807, 2.05) is 48.5 Å². The molecule has 10 rings (SSSR count). The lowest BCUT2D eigenvalue weighted by Crippen LogP contribution is -2.00. The Morgan fingerprint density at radius 3 is 2.02 bits per heavy atom. The van der Waals surface area contributed by atoms with E-state index in [0.717, 1.165) is 55.1 Å². The average molecular weight is 627 g/mol. The molecule has 0 aliphatic carbocycles. The maximum absolute atomic E-state index is 6.43. The van der Waals surface area contributed by atoms with Gasteiger partial charge in [0.05, 0.1) is 11.1 Å². The molecule has 0 aliphatic rings. The Morgan fingerprint density at radius 1 is 0.408 bits per heavy atom. The number of para-hydroxylation sites is 2. The van der Waals surface area contributed by atoms with E-state index < -0.39 is 0 Å². The van der Waals surface area contributed by atoms with Crippen LogP contribution in [0.2, 0.25) is 0 Å². The molecule has 49 heavy (non-hydrogen) atoms. The molecule has 0 aliphatic heterocycles. The topological polar surface area (TPSA) is 64.7 Å². The average Bonchev–Trinajstić information content (AvgIpc) is 3.56. The highest BCUT2D eigenvalue weighted by atomic mass is 16.3. The number of aromatic nitrogens is 4. The SMILES string of the molecule is c1cc(-c2nc(-c3ccc4ncccc4c3)nc(-c3cccc4c3oc3ccccc34)n2)cc(-c2cccc3ccc4ccccc4c23)c1. The van der Waals surface area contributed by atoms with Gasteiger partial charge in [0.25, 0.3) is 0 Å². The van der Waals surface area contributed by atoms with E-state index in [1.165, 1.54) is 27.1 Å². The fourth-order valence-electron chi connectivity index (χ4n) is 7.02. The Bertz CT molecular complexity index is 2910. The molecule has 228 valence electrons. The smallest absolute Gasteiger partial charge is 0.167 e. The monoisotopic (exact) mass is 626 g/mol. The fraction of sp³-hybridized carbons (Fsp3) is 0. The van der Waals surface area contributed by atoms with Crippen molar-refractivity contribution < 1.29 is 4.42 Å². The van der Waals surface area contributed by atoms with Crippen molar-refractivity contribution in [2.75, 3.05) is 0 Å². The van der Waals surface area contributed by atoms with Crippen LogP contribution >= 0.6 is 0 Å². The Balaban J connectivity index is 1.20. The Labute approximate surface area is 281 Å². The van der Waals surface area contributed by atoms with Crippen LogP contribution in [0.5, 0.6) is 0 Å². The van der Waals surface area contributed by atoms with Crippen LogP contribution in [0.15, 0.2) is 162 Å². The summed E-state index contributed by atoms with van der Waals surface area (Å²) in [5.41, 5.74) is 7.38. The summed E-state index contributed by atoms with van der Waals surface area (Å²) in [5.74, 6) is 1.73. The van der Waals surface area contributed by atoms with Crippen LogP contribution < -0.4 is 0 Å². The summed E-state index contributed by atoms with van der Waals surface area (Å²) in [5, 5.41) is 8.00. The summed E-state index contributed by atoms with van der Waals surface area (Å²) in [6.07, 6.45) is 1.81. The van der Waals surface area contributed by atoms with Crippen molar-refractivity contribution in [1.29, 1.82) is 0 Å². The molecule has 5 heteroatoms. The standard InChI is InChI=1S/C44H26N4O/c1-2-14-33-27(9-1)20-21-28-10-6-16-34(40(28)33)29-11-5-12-31(25-29)42-46-43(32-22-23-38-30(26-32)13-8-24-45-38)48-44(47-42)37-18-7-17-36-35-15-3-4-19-39(35)49-41(36)37/h1-26H. The summed E-state index contributed by atoms with van der Waals surface area (Å²) in [7, 11) is 0. The molecule has 10 aromatic rings. The van der Waals surface area contributed by atoms with Gasteiger partial charge in [0.1, 0.15) is 11.2 Å². The zero-order chi connectivity index (χ0) is 32.3. The van der Waals surface area contributed by atoms with Gasteiger partial charge < -0.3 is 4.42 Å². The van der Waals surface area contributed by atoms with Gasteiger partial charge in [-0.3, -0.25) is 4.98 Å². The minimum atomic E-state index is 0.553. The van der Waals surface area contributed by atoms with Gasteiger partial charge in [0, 0.05) is 33.5 Å². The van der Waals surface area contributed by atoms with Crippen LogP contribution in [0.1, 0.15) is 0 Å². The van der Waals surface area contributed by atoms with Crippen molar-refractivity contribution in [2.24, 2.45) is 0 Å². The second kappa shape index (κ2) is 10.9. The van der Waals surface area contributed by atoms with Crippen molar-refractivity contribution in [2.45, 2.75) is 0 Å². The third-order valence-corrected chi connectivity index (χ3v) is 9.34. The predicted octanol–water partition coefficient (Wildman–Crippen LogP) is 11.3. The molecule has 0 amide bonds. The highest BCUT2D eigenvalue weighted by Crippen LogP contribution is 2.38. The van der Waals surface area contributed by atoms with Gasteiger partial charge in [0.15, 0.2) is 17.5 Å². The zero-order valence-electron chi connectivity index (χ0n) is 26.2. The van der Waals surface area contributed by atoms with Crippen molar-refractivity contribution >= 4 is 54.4 Å². The van der Waals surface area contributed by atoms with Crippen LogP contribution in [0, 0.1) is 0 Å². The maximum atomic E-state index is 6.43. The molecule has 0 atom stereocenters. The summed E-state index contributed by atoms with van der Waals surface area (Å²) >= 11 is 0. The molecular weight excluding hydrogens is 601 g/mol. The number of nitrogens with zero attached hydrogens (tertiary/aromatic N) is 4. The van der Waals surface area contributed by atoms with E-state index >= 15 is 0 Å². The molecule has 0 bridgehead atoms. The molecule has 0 spiro atoms. The van der Waals surface area contributed by atoms with Crippen molar-refractivity contribution in [3.05, 3.63) is 158 Å². The summed E-state index contributed by atoms with van der Waals surface area (Å²) in [6, 6.07) is 52.3. The molecule has 0 radical (unpaired) electrons. The van der Waals surface area contributed by atoms with Gasteiger partial charge in [-0.05, 0) is 75.1 Å². The number of hydrogen-bond donors (Lipinski definition) is 0. The number of rotatable bonds is 4. The molecule has 7 aromatic carbocycles. The van der Waals surface area contributed by atoms with Gasteiger partial charge in [-0.15, -0.1) is 0 Å². The number of fused-ring (bicyclic) bond motifs is 7. The molecule has 0 unspecified atom stereocenters. The second-order valence-electron chi connectivity index (χ2n) is 12.3. The van der Waals surface area contributed by atoms with Crippen molar-refractivity contribution in [3.63, 3.8) is 0 Å². The van der Waals surface area contributed by atoms with Gasteiger partial charge in [-0.2, -0.15) is 0 Å². The third kappa shape index (κ3) is 4.55. The van der Waals surface area contributed by atoms with Gasteiger partial charge in [0.2, 0.25) is 0 Å². The fourth-order valence-corrected chi connectivity index (χ4v) is 7.02. The minimum Gasteiger partial charge on any atom is -0.455 e. The Hall–Kier alpha value is -6.72. The van der Waals surface area contributed by atoms with Crippen LogP contribution in [0.25, 0.3) is 99.7 Å². The molecule has 3 aromatic heterocycles. The quantitative estimate of drug-likeness (QED) is 0.182. The highest BCUT2D eigenvalue weighted by Gasteiger charge is 2.18. The van der Waals surface area contributed by atoms with Crippen LogP contribution in [0.3, 0.4) is 0 Å². The van der Waals surface area contributed by atoms with Gasteiger partial charge in [-0.25, -0.2) is 15.0 Å². The van der Waals surface area contributed by atoms with Crippen LogP contribution in [-0.4, -0.2) is 19.9 Å². The first kappa shape index (κ1) is 27.4.